The van der Waals surface area contributed by atoms with Gasteiger partial charge >= 0.3 is 7.82 Å². The van der Waals surface area contributed by atoms with Crippen LogP contribution in [0.4, 0.5) is 0 Å². The third kappa shape index (κ3) is 5.09. The minimum absolute atomic E-state index is 0.288. The predicted molar refractivity (Wildman–Crippen MR) is 67.4 cm³/mol. The van der Waals surface area contributed by atoms with Crippen LogP contribution in [0.3, 0.4) is 0 Å². The molecule has 3 atom stereocenters. The summed E-state index contributed by atoms with van der Waals surface area (Å²) in [5.41, 5.74) is 0. The van der Waals surface area contributed by atoms with Gasteiger partial charge in [0.1, 0.15) is 0 Å². The highest BCUT2D eigenvalue weighted by Gasteiger charge is 2.35. The van der Waals surface area contributed by atoms with Gasteiger partial charge in [-0.3, -0.25) is 4.52 Å². The second-order valence-electron chi connectivity index (χ2n) is 5.93. The average molecular weight is 264 g/mol. The van der Waals surface area contributed by atoms with Crippen LogP contribution in [0.15, 0.2) is 0 Å². The Hall–Kier alpha value is 0.110. The van der Waals surface area contributed by atoms with Gasteiger partial charge in [-0.1, -0.05) is 27.7 Å². The van der Waals surface area contributed by atoms with Crippen molar-refractivity contribution in [2.24, 2.45) is 23.7 Å². The zero-order valence-corrected chi connectivity index (χ0v) is 12.1. The van der Waals surface area contributed by atoms with Crippen LogP contribution in [0.25, 0.3) is 0 Å². The number of hydrogen-bond acceptors (Lipinski definition) is 2. The van der Waals surface area contributed by atoms with E-state index < -0.39 is 7.82 Å². The Morgan fingerprint density at radius 2 is 1.41 bits per heavy atom. The smallest absolute Gasteiger partial charge is 0.303 e. The summed E-state index contributed by atoms with van der Waals surface area (Å²) in [7, 11) is -4.35. The van der Waals surface area contributed by atoms with Crippen molar-refractivity contribution in [2.45, 2.75) is 53.1 Å². The molecule has 0 aromatic heterocycles. The van der Waals surface area contributed by atoms with Crippen LogP contribution >= 0.6 is 7.82 Å². The third-order valence-corrected chi connectivity index (χ3v) is 4.48. The van der Waals surface area contributed by atoms with Crippen molar-refractivity contribution in [3.63, 3.8) is 0 Å². The Morgan fingerprint density at radius 1 is 1.00 bits per heavy atom. The minimum atomic E-state index is -4.35. The van der Waals surface area contributed by atoms with Gasteiger partial charge in [0, 0.05) is 0 Å². The Morgan fingerprint density at radius 3 is 1.71 bits per heavy atom. The molecule has 0 aliphatic heterocycles. The van der Waals surface area contributed by atoms with Gasteiger partial charge in [0.2, 0.25) is 0 Å². The highest BCUT2D eigenvalue weighted by Crippen LogP contribution is 2.45. The summed E-state index contributed by atoms with van der Waals surface area (Å²) >= 11 is 0. The second kappa shape index (κ2) is 5.83. The van der Waals surface area contributed by atoms with Crippen LogP contribution in [-0.2, 0) is 9.09 Å². The lowest BCUT2D eigenvalue weighted by atomic mass is 9.71. The largest absolute Gasteiger partial charge is 0.469 e. The van der Waals surface area contributed by atoms with Crippen LogP contribution in [0.2, 0.25) is 0 Å². The second-order valence-corrected chi connectivity index (χ2v) is 7.13. The van der Waals surface area contributed by atoms with Crippen LogP contribution in [0, 0.1) is 23.7 Å². The van der Waals surface area contributed by atoms with Gasteiger partial charge in [0.15, 0.2) is 0 Å². The van der Waals surface area contributed by atoms with Crippen LogP contribution in [0.5, 0.6) is 0 Å². The van der Waals surface area contributed by atoms with E-state index in [1.807, 2.05) is 0 Å². The lowest BCUT2D eigenvalue weighted by Gasteiger charge is -2.38. The Labute approximate surface area is 104 Å². The molecule has 0 unspecified atom stereocenters. The fourth-order valence-electron chi connectivity index (χ4n) is 2.72. The number of phosphoric acid groups is 1. The quantitative estimate of drug-likeness (QED) is 0.765. The van der Waals surface area contributed by atoms with E-state index in [-0.39, 0.29) is 6.10 Å². The first-order valence-electron chi connectivity index (χ1n) is 6.43. The minimum Gasteiger partial charge on any atom is -0.303 e. The average Bonchev–Trinajstić information content (AvgIpc) is 2.14. The monoisotopic (exact) mass is 264 g/mol. The van der Waals surface area contributed by atoms with Crippen molar-refractivity contribution in [2.75, 3.05) is 0 Å². The van der Waals surface area contributed by atoms with Crippen LogP contribution < -0.4 is 0 Å². The normalized spacial score (nSPS) is 31.2. The molecule has 0 aromatic rings. The summed E-state index contributed by atoms with van der Waals surface area (Å²) in [5, 5.41) is 0. The molecule has 1 aliphatic rings. The van der Waals surface area contributed by atoms with Gasteiger partial charge in [-0.25, -0.2) is 4.57 Å². The third-order valence-electron chi connectivity index (χ3n) is 3.91. The van der Waals surface area contributed by atoms with Crippen molar-refractivity contribution in [1.29, 1.82) is 0 Å². The van der Waals surface area contributed by atoms with E-state index in [0.29, 0.717) is 23.7 Å². The Balaban J connectivity index is 2.68. The molecule has 0 radical (unpaired) electrons. The van der Waals surface area contributed by atoms with E-state index in [2.05, 4.69) is 27.7 Å². The molecule has 0 spiro atoms. The van der Waals surface area contributed by atoms with Gasteiger partial charge in [0.05, 0.1) is 6.10 Å². The fourth-order valence-corrected chi connectivity index (χ4v) is 3.28. The summed E-state index contributed by atoms with van der Waals surface area (Å²) in [4.78, 5) is 17.8. The van der Waals surface area contributed by atoms with E-state index in [4.69, 9.17) is 14.3 Å². The zero-order chi connectivity index (χ0) is 13.2. The van der Waals surface area contributed by atoms with E-state index in [1.54, 1.807) is 0 Å². The Bertz CT molecular complexity index is 268. The standard InChI is InChI=1S/C12H25O4P/c1-8(2)10-5-11(9(3)4)7-12(6-10)16-17(13,14)15/h8-12H,5-7H2,1-4H3,(H2,13,14,15)/t10-,11+,12-. The van der Waals surface area contributed by atoms with Gasteiger partial charge < -0.3 is 9.79 Å². The van der Waals surface area contributed by atoms with Gasteiger partial charge in [0.25, 0.3) is 0 Å². The highest BCUT2D eigenvalue weighted by atomic mass is 31.2. The summed E-state index contributed by atoms with van der Waals surface area (Å²) < 4.78 is 15.8. The van der Waals surface area contributed by atoms with E-state index in [9.17, 15) is 4.57 Å². The van der Waals surface area contributed by atoms with Crippen molar-refractivity contribution < 1.29 is 18.9 Å². The van der Waals surface area contributed by atoms with Crippen LogP contribution in [0.1, 0.15) is 47.0 Å². The van der Waals surface area contributed by atoms with E-state index in [1.165, 1.54) is 0 Å². The molecule has 0 bridgehead atoms. The molecule has 1 aliphatic carbocycles. The first kappa shape index (κ1) is 15.2. The maximum Gasteiger partial charge on any atom is 0.469 e. The maximum atomic E-state index is 10.9. The number of rotatable bonds is 4. The van der Waals surface area contributed by atoms with Gasteiger partial charge in [-0.2, -0.15) is 0 Å². The summed E-state index contributed by atoms with van der Waals surface area (Å²) in [6.45, 7) is 8.67. The van der Waals surface area contributed by atoms with Crippen molar-refractivity contribution in [1.82, 2.24) is 0 Å². The molecule has 2 N–H and O–H groups in total. The highest BCUT2D eigenvalue weighted by molar-refractivity contribution is 7.46. The Kier molecular flexibility index (Phi) is 5.21. The summed E-state index contributed by atoms with van der Waals surface area (Å²) in [6, 6.07) is 0. The van der Waals surface area contributed by atoms with E-state index >= 15 is 0 Å². The number of hydrogen-bond donors (Lipinski definition) is 2. The van der Waals surface area contributed by atoms with E-state index in [0.717, 1.165) is 19.3 Å². The van der Waals surface area contributed by atoms with Gasteiger partial charge in [-0.15, -0.1) is 0 Å². The topological polar surface area (TPSA) is 66.8 Å². The molecular weight excluding hydrogens is 239 g/mol. The van der Waals surface area contributed by atoms with Crippen molar-refractivity contribution >= 4 is 7.82 Å². The molecule has 0 saturated heterocycles. The van der Waals surface area contributed by atoms with Crippen molar-refractivity contribution in [3.05, 3.63) is 0 Å². The fraction of sp³-hybridized carbons (Fsp3) is 1.00. The number of phosphoric ester groups is 1. The molecule has 1 saturated carbocycles. The van der Waals surface area contributed by atoms with Crippen LogP contribution in [-0.4, -0.2) is 15.9 Å². The molecular formula is C12H25O4P. The molecule has 0 heterocycles. The molecule has 102 valence electrons. The molecule has 0 amide bonds. The first-order chi connectivity index (χ1) is 7.69. The molecule has 1 fully saturated rings. The molecule has 0 aromatic carbocycles. The maximum absolute atomic E-state index is 10.9. The summed E-state index contributed by atoms with van der Waals surface area (Å²) in [5.74, 6) is 2.10. The lowest BCUT2D eigenvalue weighted by Crippen LogP contribution is -2.32. The van der Waals surface area contributed by atoms with Gasteiger partial charge in [-0.05, 0) is 42.9 Å². The lowest BCUT2D eigenvalue weighted by molar-refractivity contribution is 0.0357. The molecule has 1 rings (SSSR count). The van der Waals surface area contributed by atoms with Crippen molar-refractivity contribution in [3.8, 4) is 0 Å². The SMILES string of the molecule is CC(C)[C@@H]1C[C@H](OP(=O)(O)O)C[C@H](C(C)C)C1. The summed E-state index contributed by atoms with van der Waals surface area (Å²) in [6.07, 6.45) is 2.40. The zero-order valence-electron chi connectivity index (χ0n) is 11.2. The molecule has 4 nitrogen and oxygen atoms in total. The molecule has 5 heteroatoms. The first-order valence-corrected chi connectivity index (χ1v) is 7.96. The molecule has 17 heavy (non-hydrogen) atoms. The predicted octanol–water partition coefficient (Wildman–Crippen LogP) is 3.19.